The summed E-state index contributed by atoms with van der Waals surface area (Å²) in [4.78, 5) is 2.49. The summed E-state index contributed by atoms with van der Waals surface area (Å²) in [5.74, 6) is 1.69. The quantitative estimate of drug-likeness (QED) is 0.929. The Morgan fingerprint density at radius 2 is 2.29 bits per heavy atom. The number of rotatable bonds is 4. The van der Waals surface area contributed by atoms with Gasteiger partial charge in [-0.3, -0.25) is 4.90 Å². The first-order valence-electron chi connectivity index (χ1n) is 7.70. The third-order valence-corrected chi connectivity index (χ3v) is 4.54. The third-order valence-electron chi connectivity index (χ3n) is 4.32. The maximum absolute atomic E-state index is 6.23. The van der Waals surface area contributed by atoms with E-state index < -0.39 is 0 Å². The lowest BCUT2D eigenvalue weighted by molar-refractivity contribution is -0.0176. The van der Waals surface area contributed by atoms with Gasteiger partial charge in [-0.15, -0.1) is 0 Å². The van der Waals surface area contributed by atoms with E-state index >= 15 is 0 Å². The van der Waals surface area contributed by atoms with Crippen molar-refractivity contribution < 1.29 is 9.47 Å². The lowest BCUT2D eigenvalue weighted by Crippen LogP contribution is -2.36. The first kappa shape index (κ1) is 15.1. The van der Waals surface area contributed by atoms with Crippen molar-refractivity contribution in [2.24, 2.45) is 11.7 Å². The minimum Gasteiger partial charge on any atom is -0.467 e. The van der Waals surface area contributed by atoms with E-state index in [0.717, 1.165) is 54.9 Å². The molecule has 0 amide bonds. The number of likely N-dealkylation sites (tertiary alicyclic amines) is 1. The molecule has 1 aromatic carbocycles. The predicted molar refractivity (Wildman–Crippen MR) is 83.4 cm³/mol. The molecule has 1 fully saturated rings. The molecule has 0 spiro atoms. The van der Waals surface area contributed by atoms with E-state index in [9.17, 15) is 0 Å². The molecular weight excluding hydrogens is 288 g/mol. The summed E-state index contributed by atoms with van der Waals surface area (Å²) >= 11 is 6.23. The van der Waals surface area contributed by atoms with Crippen molar-refractivity contribution >= 4 is 11.6 Å². The molecule has 0 bridgehead atoms. The zero-order valence-electron chi connectivity index (χ0n) is 12.3. The van der Waals surface area contributed by atoms with Gasteiger partial charge in [-0.2, -0.15) is 0 Å². The van der Waals surface area contributed by atoms with Gasteiger partial charge in [0.15, 0.2) is 6.79 Å². The van der Waals surface area contributed by atoms with Crippen LogP contribution in [0, 0.1) is 5.92 Å². The molecule has 21 heavy (non-hydrogen) atoms. The number of ether oxygens (including phenoxy) is 2. The molecule has 1 atom stereocenters. The van der Waals surface area contributed by atoms with Gasteiger partial charge in [-0.05, 0) is 50.4 Å². The number of halogens is 1. The van der Waals surface area contributed by atoms with Crippen LogP contribution >= 0.6 is 11.6 Å². The van der Waals surface area contributed by atoms with E-state index in [2.05, 4.69) is 4.90 Å². The average Bonchev–Trinajstić information content (AvgIpc) is 2.48. The molecule has 4 nitrogen and oxygen atoms in total. The van der Waals surface area contributed by atoms with Crippen LogP contribution in [-0.4, -0.2) is 31.3 Å². The van der Waals surface area contributed by atoms with Crippen molar-refractivity contribution in [3.63, 3.8) is 0 Å². The standard InChI is InChI=1S/C16H23ClN2O2/c17-15-6-13(16-14(7-15)10-20-11-21-16)9-19-5-1-2-12(8-19)3-4-18/h6-7,12H,1-5,8-11,18H2. The minimum atomic E-state index is 0.331. The van der Waals surface area contributed by atoms with Gasteiger partial charge in [-0.1, -0.05) is 11.6 Å². The summed E-state index contributed by atoms with van der Waals surface area (Å²) in [5, 5.41) is 0.758. The van der Waals surface area contributed by atoms with Crippen LogP contribution < -0.4 is 10.5 Å². The van der Waals surface area contributed by atoms with Crippen molar-refractivity contribution in [2.75, 3.05) is 26.4 Å². The average molecular weight is 311 g/mol. The van der Waals surface area contributed by atoms with Crippen LogP contribution in [0.2, 0.25) is 5.02 Å². The van der Waals surface area contributed by atoms with Crippen LogP contribution in [-0.2, 0) is 17.9 Å². The Kier molecular flexibility index (Phi) is 5.01. The normalized spacial score (nSPS) is 22.7. The number of hydrogen-bond acceptors (Lipinski definition) is 4. The SMILES string of the molecule is NCCC1CCCN(Cc2cc(Cl)cc3c2OCOC3)C1. The minimum absolute atomic E-state index is 0.331. The summed E-state index contributed by atoms with van der Waals surface area (Å²) in [6.07, 6.45) is 3.66. The fourth-order valence-electron chi connectivity index (χ4n) is 3.38. The van der Waals surface area contributed by atoms with E-state index in [1.807, 2.05) is 12.1 Å². The molecule has 116 valence electrons. The highest BCUT2D eigenvalue weighted by Gasteiger charge is 2.22. The molecule has 1 saturated heterocycles. The predicted octanol–water partition coefficient (Wildman–Crippen LogP) is 2.77. The second-order valence-electron chi connectivity index (χ2n) is 5.98. The first-order valence-corrected chi connectivity index (χ1v) is 8.08. The summed E-state index contributed by atoms with van der Waals surface area (Å²) in [7, 11) is 0. The molecule has 0 radical (unpaired) electrons. The highest BCUT2D eigenvalue weighted by Crippen LogP contribution is 2.33. The second-order valence-corrected chi connectivity index (χ2v) is 6.42. The largest absolute Gasteiger partial charge is 0.467 e. The van der Waals surface area contributed by atoms with Crippen molar-refractivity contribution in [1.82, 2.24) is 4.90 Å². The summed E-state index contributed by atoms with van der Waals surface area (Å²) in [6, 6.07) is 3.96. The highest BCUT2D eigenvalue weighted by atomic mass is 35.5. The molecule has 1 unspecified atom stereocenters. The number of piperidine rings is 1. The second kappa shape index (κ2) is 6.97. The number of benzene rings is 1. The molecule has 2 aliphatic heterocycles. The van der Waals surface area contributed by atoms with Crippen LogP contribution in [0.1, 0.15) is 30.4 Å². The molecule has 1 aromatic rings. The van der Waals surface area contributed by atoms with E-state index in [-0.39, 0.29) is 0 Å². The monoisotopic (exact) mass is 310 g/mol. The Bertz CT molecular complexity index is 493. The maximum atomic E-state index is 6.23. The molecule has 2 aliphatic rings. The van der Waals surface area contributed by atoms with Gasteiger partial charge in [-0.25, -0.2) is 0 Å². The van der Waals surface area contributed by atoms with Gasteiger partial charge >= 0.3 is 0 Å². The van der Waals surface area contributed by atoms with E-state index in [1.165, 1.54) is 18.4 Å². The summed E-state index contributed by atoms with van der Waals surface area (Å²) in [6.45, 7) is 4.85. The number of hydrogen-bond donors (Lipinski definition) is 1. The summed E-state index contributed by atoms with van der Waals surface area (Å²) in [5.41, 5.74) is 7.93. The topological polar surface area (TPSA) is 47.7 Å². The maximum Gasteiger partial charge on any atom is 0.189 e. The lowest BCUT2D eigenvalue weighted by atomic mass is 9.94. The fourth-order valence-corrected chi connectivity index (χ4v) is 3.64. The Hall–Kier alpha value is -0.810. The van der Waals surface area contributed by atoms with Crippen LogP contribution in [0.25, 0.3) is 0 Å². The van der Waals surface area contributed by atoms with Crippen molar-refractivity contribution in [3.8, 4) is 5.75 Å². The number of fused-ring (bicyclic) bond motifs is 1. The zero-order valence-corrected chi connectivity index (χ0v) is 13.1. The van der Waals surface area contributed by atoms with Gasteiger partial charge < -0.3 is 15.2 Å². The van der Waals surface area contributed by atoms with Gasteiger partial charge in [0, 0.05) is 29.2 Å². The number of nitrogens with two attached hydrogens (primary N) is 1. The van der Waals surface area contributed by atoms with Crippen LogP contribution in [0.3, 0.4) is 0 Å². The smallest absolute Gasteiger partial charge is 0.189 e. The molecule has 0 aliphatic carbocycles. The van der Waals surface area contributed by atoms with Gasteiger partial charge in [0.25, 0.3) is 0 Å². The molecule has 2 N–H and O–H groups in total. The van der Waals surface area contributed by atoms with Gasteiger partial charge in [0.2, 0.25) is 0 Å². The van der Waals surface area contributed by atoms with Crippen molar-refractivity contribution in [3.05, 3.63) is 28.3 Å². The lowest BCUT2D eigenvalue weighted by Gasteiger charge is -2.33. The molecular formula is C16H23ClN2O2. The van der Waals surface area contributed by atoms with Crippen molar-refractivity contribution in [1.29, 1.82) is 0 Å². The fraction of sp³-hybridized carbons (Fsp3) is 0.625. The molecule has 0 saturated carbocycles. The van der Waals surface area contributed by atoms with Crippen LogP contribution in [0.5, 0.6) is 5.75 Å². The van der Waals surface area contributed by atoms with Crippen molar-refractivity contribution in [2.45, 2.75) is 32.4 Å². The van der Waals surface area contributed by atoms with E-state index in [4.69, 9.17) is 26.8 Å². The Morgan fingerprint density at radius 3 is 3.14 bits per heavy atom. The molecule has 5 heteroatoms. The summed E-state index contributed by atoms with van der Waals surface area (Å²) < 4.78 is 11.0. The highest BCUT2D eigenvalue weighted by molar-refractivity contribution is 6.30. The Labute approximate surface area is 131 Å². The van der Waals surface area contributed by atoms with Crippen LogP contribution in [0.15, 0.2) is 12.1 Å². The van der Waals surface area contributed by atoms with E-state index in [0.29, 0.717) is 13.4 Å². The Balaban J connectivity index is 1.73. The third kappa shape index (κ3) is 3.69. The first-order chi connectivity index (χ1) is 10.3. The van der Waals surface area contributed by atoms with Gasteiger partial charge in [0.1, 0.15) is 5.75 Å². The molecule has 2 heterocycles. The zero-order chi connectivity index (χ0) is 14.7. The Morgan fingerprint density at radius 1 is 1.38 bits per heavy atom. The molecule has 3 rings (SSSR count). The molecule has 0 aromatic heterocycles. The van der Waals surface area contributed by atoms with Gasteiger partial charge in [0.05, 0.1) is 6.61 Å². The van der Waals surface area contributed by atoms with E-state index in [1.54, 1.807) is 0 Å². The number of nitrogens with zero attached hydrogens (tertiary/aromatic N) is 1. The van der Waals surface area contributed by atoms with Crippen LogP contribution in [0.4, 0.5) is 0 Å².